The van der Waals surface area contributed by atoms with Gasteiger partial charge in [-0.1, -0.05) is 48.5 Å². The van der Waals surface area contributed by atoms with Gasteiger partial charge in [-0.05, 0) is 53.8 Å². The SMILES string of the molecule is Cc1ccc(C(NC(=O)Cc2ccc3[nH]cc(CCC(=O)O)c3c2)c2ccccc2)c(N)c1. The van der Waals surface area contributed by atoms with Crippen LogP contribution in [0.3, 0.4) is 0 Å². The Morgan fingerprint density at radius 1 is 1.06 bits per heavy atom. The highest BCUT2D eigenvalue weighted by Crippen LogP contribution is 2.28. The number of carbonyl (C=O) groups is 2. The Morgan fingerprint density at radius 3 is 2.58 bits per heavy atom. The number of nitrogens with two attached hydrogens (primary N) is 1. The van der Waals surface area contributed by atoms with Gasteiger partial charge in [0.15, 0.2) is 0 Å². The summed E-state index contributed by atoms with van der Waals surface area (Å²) in [6.45, 7) is 1.98. The summed E-state index contributed by atoms with van der Waals surface area (Å²) in [4.78, 5) is 27.2. The van der Waals surface area contributed by atoms with Crippen LogP contribution in [0.1, 0.15) is 40.3 Å². The van der Waals surface area contributed by atoms with Gasteiger partial charge in [-0.25, -0.2) is 0 Å². The molecule has 6 nitrogen and oxygen atoms in total. The summed E-state index contributed by atoms with van der Waals surface area (Å²) in [7, 11) is 0. The third kappa shape index (κ3) is 5.23. The molecule has 5 N–H and O–H groups in total. The van der Waals surface area contributed by atoms with Gasteiger partial charge in [0.25, 0.3) is 0 Å². The van der Waals surface area contributed by atoms with E-state index in [1.54, 1.807) is 0 Å². The van der Waals surface area contributed by atoms with Gasteiger partial charge in [-0.2, -0.15) is 0 Å². The summed E-state index contributed by atoms with van der Waals surface area (Å²) in [6, 6.07) is 21.1. The van der Waals surface area contributed by atoms with Crippen molar-refractivity contribution in [2.45, 2.75) is 32.2 Å². The van der Waals surface area contributed by atoms with Crippen molar-refractivity contribution in [1.29, 1.82) is 0 Å². The molecule has 0 aliphatic rings. The largest absolute Gasteiger partial charge is 0.481 e. The maximum Gasteiger partial charge on any atom is 0.303 e. The lowest BCUT2D eigenvalue weighted by atomic mass is 9.95. The minimum absolute atomic E-state index is 0.0639. The van der Waals surface area contributed by atoms with Gasteiger partial charge in [0.2, 0.25) is 5.91 Å². The van der Waals surface area contributed by atoms with E-state index in [2.05, 4.69) is 10.3 Å². The number of carboxylic acids is 1. The van der Waals surface area contributed by atoms with Gasteiger partial charge < -0.3 is 21.1 Å². The first kappa shape index (κ1) is 22.1. The van der Waals surface area contributed by atoms with Crippen molar-refractivity contribution in [3.05, 3.63) is 101 Å². The standard InChI is InChI=1S/C27H27N3O3/c1-17-7-10-21(23(28)13-17)27(19-5-3-2-4-6-19)30-25(31)15-18-8-11-24-22(14-18)20(16-29-24)9-12-26(32)33/h2-8,10-11,13-14,16,27,29H,9,12,15,28H2,1H3,(H,30,31)(H,32,33). The van der Waals surface area contributed by atoms with Crippen molar-refractivity contribution < 1.29 is 14.7 Å². The van der Waals surface area contributed by atoms with Gasteiger partial charge in [0.05, 0.1) is 12.5 Å². The predicted molar refractivity (Wildman–Crippen MR) is 130 cm³/mol. The number of H-pyrrole nitrogens is 1. The molecule has 1 aromatic heterocycles. The monoisotopic (exact) mass is 441 g/mol. The van der Waals surface area contributed by atoms with Crippen LogP contribution in [0.5, 0.6) is 0 Å². The van der Waals surface area contributed by atoms with Crippen molar-refractivity contribution in [2.24, 2.45) is 0 Å². The molecule has 1 heterocycles. The summed E-state index contributed by atoms with van der Waals surface area (Å²) < 4.78 is 0. The van der Waals surface area contributed by atoms with Gasteiger partial charge in [-0.15, -0.1) is 0 Å². The Labute approximate surface area is 192 Å². The number of hydrogen-bond donors (Lipinski definition) is 4. The molecule has 0 saturated carbocycles. The summed E-state index contributed by atoms with van der Waals surface area (Å²) in [6.07, 6.45) is 2.54. The van der Waals surface area contributed by atoms with E-state index < -0.39 is 5.97 Å². The minimum atomic E-state index is -0.831. The maximum absolute atomic E-state index is 13.1. The molecule has 0 aliphatic heterocycles. The van der Waals surface area contributed by atoms with Crippen LogP contribution >= 0.6 is 0 Å². The van der Waals surface area contributed by atoms with Gasteiger partial charge in [0.1, 0.15) is 0 Å². The Hall–Kier alpha value is -4.06. The third-order valence-electron chi connectivity index (χ3n) is 5.80. The molecule has 6 heteroatoms. The number of anilines is 1. The van der Waals surface area contributed by atoms with Crippen LogP contribution in [0.15, 0.2) is 72.9 Å². The summed E-state index contributed by atoms with van der Waals surface area (Å²) in [5, 5.41) is 13.1. The lowest BCUT2D eigenvalue weighted by molar-refractivity contribution is -0.137. The molecule has 0 aliphatic carbocycles. The molecule has 0 saturated heterocycles. The molecule has 1 atom stereocenters. The van der Waals surface area contributed by atoms with E-state index in [1.807, 2.05) is 79.9 Å². The fourth-order valence-electron chi connectivity index (χ4n) is 4.12. The lowest BCUT2D eigenvalue weighted by Gasteiger charge is -2.22. The first-order chi connectivity index (χ1) is 15.9. The molecular formula is C27H27N3O3. The molecule has 1 amide bonds. The second-order valence-corrected chi connectivity index (χ2v) is 8.31. The van der Waals surface area contributed by atoms with Crippen molar-refractivity contribution >= 4 is 28.5 Å². The molecule has 4 aromatic rings. The molecule has 0 bridgehead atoms. The predicted octanol–water partition coefficient (Wildman–Crippen LogP) is 4.52. The second-order valence-electron chi connectivity index (χ2n) is 8.31. The molecular weight excluding hydrogens is 414 g/mol. The first-order valence-corrected chi connectivity index (χ1v) is 10.9. The minimum Gasteiger partial charge on any atom is -0.481 e. The van der Waals surface area contributed by atoms with E-state index in [0.717, 1.165) is 38.7 Å². The van der Waals surface area contributed by atoms with E-state index >= 15 is 0 Å². The topological polar surface area (TPSA) is 108 Å². The smallest absolute Gasteiger partial charge is 0.303 e. The molecule has 0 radical (unpaired) electrons. The number of aryl methyl sites for hydroxylation is 2. The zero-order valence-corrected chi connectivity index (χ0v) is 18.5. The number of carboxylic acid groups (broad SMARTS) is 1. The number of fused-ring (bicyclic) bond motifs is 1. The number of carbonyl (C=O) groups excluding carboxylic acids is 1. The van der Waals surface area contributed by atoms with Crippen molar-refractivity contribution in [2.75, 3.05) is 5.73 Å². The summed E-state index contributed by atoms with van der Waals surface area (Å²) >= 11 is 0. The highest BCUT2D eigenvalue weighted by Gasteiger charge is 2.19. The average molecular weight is 442 g/mol. The Morgan fingerprint density at radius 2 is 1.85 bits per heavy atom. The quantitative estimate of drug-likeness (QED) is 0.301. The zero-order valence-electron chi connectivity index (χ0n) is 18.5. The Bertz CT molecular complexity index is 1290. The number of aromatic nitrogens is 1. The van der Waals surface area contributed by atoms with Crippen LogP contribution in [0.4, 0.5) is 5.69 Å². The van der Waals surface area contributed by atoms with Crippen molar-refractivity contribution in [1.82, 2.24) is 10.3 Å². The van der Waals surface area contributed by atoms with E-state index in [4.69, 9.17) is 10.8 Å². The van der Waals surface area contributed by atoms with E-state index in [-0.39, 0.29) is 24.8 Å². The average Bonchev–Trinajstić information content (AvgIpc) is 3.19. The Balaban J connectivity index is 1.57. The number of nitrogen functional groups attached to an aromatic ring is 1. The number of aromatic amines is 1. The van der Waals surface area contributed by atoms with Gasteiger partial charge >= 0.3 is 5.97 Å². The highest BCUT2D eigenvalue weighted by molar-refractivity contribution is 5.86. The van der Waals surface area contributed by atoms with E-state index in [9.17, 15) is 9.59 Å². The van der Waals surface area contributed by atoms with Crippen LogP contribution in [-0.4, -0.2) is 22.0 Å². The zero-order chi connectivity index (χ0) is 23.4. The lowest BCUT2D eigenvalue weighted by Crippen LogP contribution is -2.31. The third-order valence-corrected chi connectivity index (χ3v) is 5.80. The van der Waals surface area contributed by atoms with Crippen LogP contribution < -0.4 is 11.1 Å². The number of aliphatic carboxylic acids is 1. The number of nitrogens with one attached hydrogen (secondary N) is 2. The molecule has 0 fully saturated rings. The van der Waals surface area contributed by atoms with Crippen LogP contribution in [0.25, 0.3) is 10.9 Å². The van der Waals surface area contributed by atoms with Gasteiger partial charge in [0, 0.05) is 34.8 Å². The number of amides is 1. The van der Waals surface area contributed by atoms with Crippen molar-refractivity contribution in [3.63, 3.8) is 0 Å². The van der Waals surface area contributed by atoms with Gasteiger partial charge in [-0.3, -0.25) is 9.59 Å². The fourth-order valence-corrected chi connectivity index (χ4v) is 4.12. The molecule has 4 rings (SSSR count). The molecule has 3 aromatic carbocycles. The van der Waals surface area contributed by atoms with E-state index in [1.165, 1.54) is 0 Å². The highest BCUT2D eigenvalue weighted by atomic mass is 16.4. The first-order valence-electron chi connectivity index (χ1n) is 10.9. The number of benzene rings is 3. The maximum atomic E-state index is 13.1. The molecule has 1 unspecified atom stereocenters. The number of rotatable bonds is 8. The van der Waals surface area contributed by atoms with E-state index in [0.29, 0.717) is 12.1 Å². The molecule has 168 valence electrons. The second kappa shape index (κ2) is 9.61. The van der Waals surface area contributed by atoms with Crippen LogP contribution in [0, 0.1) is 6.92 Å². The Kier molecular flexibility index (Phi) is 6.45. The molecule has 0 spiro atoms. The fraction of sp³-hybridized carbons (Fsp3) is 0.185. The van der Waals surface area contributed by atoms with Crippen LogP contribution in [0.2, 0.25) is 0 Å². The summed E-state index contributed by atoms with van der Waals surface area (Å²) in [5.74, 6) is -0.951. The molecule has 33 heavy (non-hydrogen) atoms. The van der Waals surface area contributed by atoms with Crippen molar-refractivity contribution in [3.8, 4) is 0 Å². The van der Waals surface area contributed by atoms with Crippen LogP contribution in [-0.2, 0) is 22.4 Å². The summed E-state index contributed by atoms with van der Waals surface area (Å²) in [5.41, 5.74) is 12.5. The normalized spacial score (nSPS) is 11.9. The number of hydrogen-bond acceptors (Lipinski definition) is 3.